The molecule has 0 aliphatic heterocycles. The highest BCUT2D eigenvalue weighted by molar-refractivity contribution is 5.70. The molecular formula is C19H23F2NO. The first-order chi connectivity index (χ1) is 11.0. The third-order valence-electron chi connectivity index (χ3n) is 4.00. The summed E-state index contributed by atoms with van der Waals surface area (Å²) in [6, 6.07) is 16.0. The standard InChI is InChI=1S/C19H23F2NO/c1-13(19(20)21)12-22-14(2)15-8-10-16(11-9-15)17-6-4-5-7-18(17)23-3/h4-11,13-14,19,22H,12H2,1-3H3. The van der Waals surface area contributed by atoms with Crippen LogP contribution in [-0.2, 0) is 0 Å². The molecule has 0 saturated carbocycles. The third kappa shape index (κ3) is 4.52. The highest BCUT2D eigenvalue weighted by atomic mass is 19.3. The summed E-state index contributed by atoms with van der Waals surface area (Å²) in [5, 5.41) is 3.16. The summed E-state index contributed by atoms with van der Waals surface area (Å²) in [6.07, 6.45) is -2.29. The molecule has 2 atom stereocenters. The van der Waals surface area contributed by atoms with E-state index in [1.54, 1.807) is 14.0 Å². The van der Waals surface area contributed by atoms with Gasteiger partial charge in [-0.15, -0.1) is 0 Å². The van der Waals surface area contributed by atoms with Crippen molar-refractivity contribution in [2.45, 2.75) is 26.3 Å². The molecular weight excluding hydrogens is 296 g/mol. The molecule has 1 N–H and O–H groups in total. The smallest absolute Gasteiger partial charge is 0.242 e. The van der Waals surface area contributed by atoms with Gasteiger partial charge in [0.2, 0.25) is 6.43 Å². The molecule has 0 amide bonds. The van der Waals surface area contributed by atoms with Gasteiger partial charge in [-0.1, -0.05) is 49.4 Å². The zero-order valence-electron chi connectivity index (χ0n) is 13.7. The number of nitrogens with one attached hydrogen (secondary N) is 1. The molecule has 0 aliphatic carbocycles. The van der Waals surface area contributed by atoms with E-state index in [1.165, 1.54) is 0 Å². The van der Waals surface area contributed by atoms with Crippen molar-refractivity contribution in [2.75, 3.05) is 13.7 Å². The molecule has 2 rings (SSSR count). The normalized spacial score (nSPS) is 13.8. The van der Waals surface area contributed by atoms with Crippen molar-refractivity contribution in [1.82, 2.24) is 5.32 Å². The number of hydrogen-bond donors (Lipinski definition) is 1. The van der Waals surface area contributed by atoms with Crippen LogP contribution in [0, 0.1) is 5.92 Å². The van der Waals surface area contributed by atoms with E-state index in [9.17, 15) is 8.78 Å². The lowest BCUT2D eigenvalue weighted by Gasteiger charge is -2.18. The number of hydrogen-bond acceptors (Lipinski definition) is 2. The van der Waals surface area contributed by atoms with Crippen molar-refractivity contribution in [3.8, 4) is 16.9 Å². The van der Waals surface area contributed by atoms with Crippen LogP contribution >= 0.6 is 0 Å². The minimum absolute atomic E-state index is 0.0305. The second-order valence-corrected chi connectivity index (χ2v) is 5.76. The number of para-hydroxylation sites is 1. The molecule has 0 saturated heterocycles. The molecule has 0 heterocycles. The quantitative estimate of drug-likeness (QED) is 0.782. The van der Waals surface area contributed by atoms with Crippen molar-refractivity contribution in [3.63, 3.8) is 0 Å². The van der Waals surface area contributed by atoms with Crippen LogP contribution in [0.5, 0.6) is 5.75 Å². The van der Waals surface area contributed by atoms with Gasteiger partial charge in [0.25, 0.3) is 0 Å². The maximum absolute atomic E-state index is 12.5. The fraction of sp³-hybridized carbons (Fsp3) is 0.368. The Balaban J connectivity index is 2.07. The average Bonchev–Trinajstić information content (AvgIpc) is 2.59. The monoisotopic (exact) mass is 319 g/mol. The van der Waals surface area contributed by atoms with E-state index in [0.29, 0.717) is 6.54 Å². The SMILES string of the molecule is COc1ccccc1-c1ccc(C(C)NCC(C)C(F)F)cc1. The molecule has 0 spiro atoms. The van der Waals surface area contributed by atoms with E-state index >= 15 is 0 Å². The topological polar surface area (TPSA) is 21.3 Å². The van der Waals surface area contributed by atoms with Crippen molar-refractivity contribution in [3.05, 3.63) is 54.1 Å². The summed E-state index contributed by atoms with van der Waals surface area (Å²) in [5.41, 5.74) is 3.18. The summed E-state index contributed by atoms with van der Waals surface area (Å²) >= 11 is 0. The van der Waals surface area contributed by atoms with Crippen LogP contribution in [0.1, 0.15) is 25.5 Å². The molecule has 0 radical (unpaired) electrons. The Bertz CT molecular complexity index is 613. The van der Waals surface area contributed by atoms with Gasteiger partial charge >= 0.3 is 0 Å². The molecule has 23 heavy (non-hydrogen) atoms. The largest absolute Gasteiger partial charge is 0.496 e. The van der Waals surface area contributed by atoms with Gasteiger partial charge in [0.1, 0.15) is 5.75 Å². The minimum atomic E-state index is -2.29. The molecule has 0 fully saturated rings. The van der Waals surface area contributed by atoms with Gasteiger partial charge in [0, 0.05) is 24.1 Å². The van der Waals surface area contributed by atoms with E-state index in [2.05, 4.69) is 5.32 Å². The van der Waals surface area contributed by atoms with Crippen LogP contribution in [0.2, 0.25) is 0 Å². The van der Waals surface area contributed by atoms with Crippen molar-refractivity contribution in [1.29, 1.82) is 0 Å². The van der Waals surface area contributed by atoms with Gasteiger partial charge < -0.3 is 10.1 Å². The first-order valence-corrected chi connectivity index (χ1v) is 7.77. The Morgan fingerprint density at radius 2 is 1.65 bits per heavy atom. The van der Waals surface area contributed by atoms with Crippen LogP contribution in [-0.4, -0.2) is 20.1 Å². The van der Waals surface area contributed by atoms with Crippen LogP contribution in [0.15, 0.2) is 48.5 Å². The number of alkyl halides is 2. The lowest BCUT2D eigenvalue weighted by atomic mass is 10.0. The van der Waals surface area contributed by atoms with Gasteiger partial charge in [-0.05, 0) is 24.1 Å². The Morgan fingerprint density at radius 1 is 1.00 bits per heavy atom. The van der Waals surface area contributed by atoms with Gasteiger partial charge in [0.05, 0.1) is 7.11 Å². The van der Waals surface area contributed by atoms with Gasteiger partial charge in [0.15, 0.2) is 0 Å². The molecule has 0 bridgehead atoms. The molecule has 2 nitrogen and oxygen atoms in total. The third-order valence-corrected chi connectivity index (χ3v) is 4.00. The van der Waals surface area contributed by atoms with E-state index in [1.807, 2.05) is 55.5 Å². The zero-order valence-corrected chi connectivity index (χ0v) is 13.7. The molecule has 2 aromatic carbocycles. The summed E-state index contributed by atoms with van der Waals surface area (Å²) in [6.45, 7) is 3.83. The maximum atomic E-state index is 12.5. The average molecular weight is 319 g/mol. The second kappa shape index (κ2) is 8.06. The molecule has 2 unspecified atom stereocenters. The lowest BCUT2D eigenvalue weighted by Crippen LogP contribution is -2.27. The predicted molar refractivity (Wildman–Crippen MR) is 90.0 cm³/mol. The lowest BCUT2D eigenvalue weighted by molar-refractivity contribution is 0.0847. The molecule has 0 aliphatic rings. The first-order valence-electron chi connectivity index (χ1n) is 7.77. The van der Waals surface area contributed by atoms with E-state index in [0.717, 1.165) is 22.4 Å². The number of methoxy groups -OCH3 is 1. The number of benzene rings is 2. The summed E-state index contributed by atoms with van der Waals surface area (Å²) in [5.74, 6) is 0.183. The Labute approximate surface area is 136 Å². The second-order valence-electron chi connectivity index (χ2n) is 5.76. The maximum Gasteiger partial charge on any atom is 0.242 e. The molecule has 4 heteroatoms. The fourth-order valence-electron chi connectivity index (χ4n) is 2.40. The van der Waals surface area contributed by atoms with E-state index in [-0.39, 0.29) is 6.04 Å². The van der Waals surface area contributed by atoms with Crippen LogP contribution < -0.4 is 10.1 Å². The van der Waals surface area contributed by atoms with E-state index in [4.69, 9.17) is 4.74 Å². The molecule has 124 valence electrons. The van der Waals surface area contributed by atoms with Gasteiger partial charge in [-0.25, -0.2) is 8.78 Å². The highest BCUT2D eigenvalue weighted by Crippen LogP contribution is 2.30. The highest BCUT2D eigenvalue weighted by Gasteiger charge is 2.15. The van der Waals surface area contributed by atoms with Crippen molar-refractivity contribution < 1.29 is 13.5 Å². The van der Waals surface area contributed by atoms with Gasteiger partial charge in [-0.3, -0.25) is 0 Å². The Hall–Kier alpha value is -1.94. The minimum Gasteiger partial charge on any atom is -0.496 e. The van der Waals surface area contributed by atoms with Crippen LogP contribution in [0.3, 0.4) is 0 Å². The van der Waals surface area contributed by atoms with Crippen molar-refractivity contribution >= 4 is 0 Å². The predicted octanol–water partition coefficient (Wildman–Crippen LogP) is 4.91. The number of halogens is 2. The zero-order chi connectivity index (χ0) is 16.8. The summed E-state index contributed by atoms with van der Waals surface area (Å²) in [7, 11) is 1.66. The van der Waals surface area contributed by atoms with E-state index < -0.39 is 12.3 Å². The first kappa shape index (κ1) is 17.4. The number of rotatable bonds is 7. The van der Waals surface area contributed by atoms with Gasteiger partial charge in [-0.2, -0.15) is 0 Å². The summed E-state index contributed by atoms with van der Waals surface area (Å²) < 4.78 is 30.5. The Morgan fingerprint density at radius 3 is 2.26 bits per heavy atom. The molecule has 0 aromatic heterocycles. The fourth-order valence-corrected chi connectivity index (χ4v) is 2.40. The van der Waals surface area contributed by atoms with Crippen molar-refractivity contribution in [2.24, 2.45) is 5.92 Å². The van der Waals surface area contributed by atoms with Crippen LogP contribution in [0.4, 0.5) is 8.78 Å². The van der Waals surface area contributed by atoms with Crippen LogP contribution in [0.25, 0.3) is 11.1 Å². The summed E-state index contributed by atoms with van der Waals surface area (Å²) in [4.78, 5) is 0. The molecule has 2 aromatic rings. The Kier molecular flexibility index (Phi) is 6.11. The number of ether oxygens (including phenoxy) is 1.